The molecule has 2 aromatic rings. The summed E-state index contributed by atoms with van der Waals surface area (Å²) in [5, 5.41) is 4.50. The molecule has 0 saturated carbocycles. The summed E-state index contributed by atoms with van der Waals surface area (Å²) in [4.78, 5) is 14.9. The predicted molar refractivity (Wildman–Crippen MR) is 107 cm³/mol. The van der Waals surface area contributed by atoms with Crippen molar-refractivity contribution in [2.75, 3.05) is 26.8 Å². The lowest BCUT2D eigenvalue weighted by Crippen LogP contribution is -2.56. The van der Waals surface area contributed by atoms with E-state index in [1.807, 2.05) is 53.8 Å². The van der Waals surface area contributed by atoms with Gasteiger partial charge >= 0.3 is 0 Å². The lowest BCUT2D eigenvalue weighted by atomic mass is 9.81. The van der Waals surface area contributed by atoms with Crippen LogP contribution in [-0.4, -0.2) is 59.1 Å². The minimum absolute atomic E-state index is 0.0829. The summed E-state index contributed by atoms with van der Waals surface area (Å²) in [6, 6.07) is 9.76. The highest BCUT2D eigenvalue weighted by Crippen LogP contribution is 2.37. The van der Waals surface area contributed by atoms with Crippen LogP contribution in [0.3, 0.4) is 0 Å². The van der Waals surface area contributed by atoms with Crippen LogP contribution in [0, 0.1) is 13.8 Å². The van der Waals surface area contributed by atoms with Crippen LogP contribution < -0.4 is 0 Å². The Morgan fingerprint density at radius 1 is 1.21 bits per heavy atom. The maximum atomic E-state index is 13.0. The molecule has 2 saturated heterocycles. The fourth-order valence-corrected chi connectivity index (χ4v) is 4.61. The first-order chi connectivity index (χ1) is 13.5. The second kappa shape index (κ2) is 7.68. The maximum absolute atomic E-state index is 13.0. The van der Waals surface area contributed by atoms with Crippen molar-refractivity contribution < 1.29 is 14.3 Å². The fourth-order valence-electron chi connectivity index (χ4n) is 4.61. The second-order valence-corrected chi connectivity index (χ2v) is 7.96. The normalized spacial score (nSPS) is 21.8. The van der Waals surface area contributed by atoms with Gasteiger partial charge < -0.3 is 14.4 Å². The molecule has 28 heavy (non-hydrogen) atoms. The number of amides is 1. The third-order valence-corrected chi connectivity index (χ3v) is 6.14. The van der Waals surface area contributed by atoms with E-state index in [0.29, 0.717) is 18.7 Å². The van der Waals surface area contributed by atoms with E-state index >= 15 is 0 Å². The van der Waals surface area contributed by atoms with Gasteiger partial charge in [0.05, 0.1) is 23.1 Å². The molecule has 2 aliphatic rings. The van der Waals surface area contributed by atoms with E-state index in [1.165, 1.54) is 0 Å². The molecule has 1 aromatic heterocycles. The van der Waals surface area contributed by atoms with Gasteiger partial charge in [0, 0.05) is 38.1 Å². The summed E-state index contributed by atoms with van der Waals surface area (Å²) in [6.07, 6.45) is 3.89. The highest BCUT2D eigenvalue weighted by molar-refractivity contribution is 5.94. The Kier molecular flexibility index (Phi) is 5.25. The Bertz CT molecular complexity index is 835. The van der Waals surface area contributed by atoms with Crippen LogP contribution in [0.4, 0.5) is 0 Å². The van der Waals surface area contributed by atoms with Crippen LogP contribution >= 0.6 is 0 Å². The van der Waals surface area contributed by atoms with Gasteiger partial charge in [-0.3, -0.25) is 4.79 Å². The van der Waals surface area contributed by atoms with Gasteiger partial charge in [0.2, 0.25) is 0 Å². The number of hydrogen-bond acceptors (Lipinski definition) is 4. The van der Waals surface area contributed by atoms with Crippen molar-refractivity contribution in [2.45, 2.75) is 51.2 Å². The first-order valence-electron chi connectivity index (χ1n) is 10.1. The number of ether oxygens (including phenoxy) is 2. The number of aromatic nitrogens is 2. The second-order valence-electron chi connectivity index (χ2n) is 7.96. The molecule has 1 unspecified atom stereocenters. The van der Waals surface area contributed by atoms with E-state index in [9.17, 15) is 4.79 Å². The van der Waals surface area contributed by atoms with Gasteiger partial charge in [0.25, 0.3) is 5.91 Å². The Morgan fingerprint density at radius 2 is 1.93 bits per heavy atom. The average molecular weight is 383 g/mol. The van der Waals surface area contributed by atoms with Crippen LogP contribution in [0.2, 0.25) is 0 Å². The van der Waals surface area contributed by atoms with Gasteiger partial charge in [0.15, 0.2) is 0 Å². The molecule has 1 spiro atoms. The van der Waals surface area contributed by atoms with Gasteiger partial charge in [-0.15, -0.1) is 0 Å². The Balaban J connectivity index is 1.43. The van der Waals surface area contributed by atoms with Crippen LogP contribution in [-0.2, 0) is 9.47 Å². The van der Waals surface area contributed by atoms with Crippen LogP contribution in [0.5, 0.6) is 0 Å². The number of carbonyl (C=O) groups is 1. The zero-order valence-electron chi connectivity index (χ0n) is 17.0. The zero-order chi connectivity index (χ0) is 19.7. The molecule has 6 nitrogen and oxygen atoms in total. The maximum Gasteiger partial charge on any atom is 0.253 e. The van der Waals surface area contributed by atoms with Crippen LogP contribution in [0.15, 0.2) is 30.3 Å². The number of piperidine rings is 1. The Morgan fingerprint density at radius 3 is 2.54 bits per heavy atom. The predicted octanol–water partition coefficient (Wildman–Crippen LogP) is 3.29. The summed E-state index contributed by atoms with van der Waals surface area (Å²) in [6.45, 7) is 6.22. The summed E-state index contributed by atoms with van der Waals surface area (Å²) < 4.78 is 13.7. The number of nitrogens with zero attached hydrogens (tertiary/aromatic N) is 3. The molecule has 3 heterocycles. The smallest absolute Gasteiger partial charge is 0.253 e. The minimum Gasteiger partial charge on any atom is -0.378 e. The number of likely N-dealkylation sites (tertiary alicyclic amines) is 1. The van der Waals surface area contributed by atoms with Gasteiger partial charge in [0.1, 0.15) is 0 Å². The molecule has 2 aliphatic heterocycles. The molecule has 1 amide bonds. The fraction of sp³-hybridized carbons (Fsp3) is 0.545. The van der Waals surface area contributed by atoms with Crippen molar-refractivity contribution in [2.24, 2.45) is 0 Å². The summed E-state index contributed by atoms with van der Waals surface area (Å²) in [5.74, 6) is 0.0829. The van der Waals surface area contributed by atoms with Crippen molar-refractivity contribution in [3.05, 3.63) is 47.3 Å². The third-order valence-electron chi connectivity index (χ3n) is 6.14. The third kappa shape index (κ3) is 3.47. The van der Waals surface area contributed by atoms with Crippen molar-refractivity contribution in [1.29, 1.82) is 0 Å². The molecular weight excluding hydrogens is 354 g/mol. The van der Waals surface area contributed by atoms with E-state index in [-0.39, 0.29) is 17.6 Å². The van der Waals surface area contributed by atoms with Crippen molar-refractivity contribution >= 4 is 5.91 Å². The molecule has 1 atom stereocenters. The molecule has 4 rings (SSSR count). The number of hydrogen-bond donors (Lipinski definition) is 0. The molecule has 150 valence electrons. The Labute approximate surface area is 166 Å². The average Bonchev–Trinajstić information content (AvgIpc) is 3.06. The topological polar surface area (TPSA) is 56.6 Å². The van der Waals surface area contributed by atoms with Crippen LogP contribution in [0.25, 0.3) is 5.69 Å². The summed E-state index contributed by atoms with van der Waals surface area (Å²) in [7, 11) is 1.77. The standard InChI is InChI=1S/C22H29N3O3/c1-16-15-17(2)25(23-16)19-8-6-18(7-9-19)21(26)24-12-10-22(11-13-24)20(27-3)5-4-14-28-22/h6-9,15,20H,4-5,10-14H2,1-3H3. The highest BCUT2D eigenvalue weighted by atomic mass is 16.5. The molecule has 0 bridgehead atoms. The SMILES string of the molecule is COC1CCCOC12CCN(C(=O)c1ccc(-n3nc(C)cc3C)cc1)CC2. The van der Waals surface area contributed by atoms with Crippen LogP contribution in [0.1, 0.15) is 47.4 Å². The molecule has 0 N–H and O–H groups in total. The zero-order valence-corrected chi connectivity index (χ0v) is 17.0. The molecule has 1 aromatic carbocycles. The number of benzene rings is 1. The van der Waals surface area contributed by atoms with E-state index in [0.717, 1.165) is 49.4 Å². The van der Waals surface area contributed by atoms with Crippen molar-refractivity contribution in [3.63, 3.8) is 0 Å². The van der Waals surface area contributed by atoms with Crippen molar-refractivity contribution in [3.8, 4) is 5.69 Å². The quantitative estimate of drug-likeness (QED) is 0.816. The van der Waals surface area contributed by atoms with Gasteiger partial charge in [-0.25, -0.2) is 4.68 Å². The number of rotatable bonds is 3. The Hall–Kier alpha value is -2.18. The first-order valence-corrected chi connectivity index (χ1v) is 10.1. The highest BCUT2D eigenvalue weighted by Gasteiger charge is 2.45. The van der Waals surface area contributed by atoms with Crippen molar-refractivity contribution in [1.82, 2.24) is 14.7 Å². The number of carbonyl (C=O) groups excluding carboxylic acids is 1. The number of aryl methyl sites for hydroxylation is 2. The lowest BCUT2D eigenvalue weighted by molar-refractivity contribution is -0.183. The van der Waals surface area contributed by atoms with E-state index in [1.54, 1.807) is 7.11 Å². The van der Waals surface area contributed by atoms with E-state index in [4.69, 9.17) is 9.47 Å². The molecule has 0 radical (unpaired) electrons. The van der Waals surface area contributed by atoms with Gasteiger partial charge in [-0.05, 0) is 69.9 Å². The molecule has 6 heteroatoms. The van der Waals surface area contributed by atoms with Gasteiger partial charge in [-0.2, -0.15) is 5.10 Å². The number of methoxy groups -OCH3 is 1. The lowest BCUT2D eigenvalue weighted by Gasteiger charge is -2.48. The molecule has 0 aliphatic carbocycles. The van der Waals surface area contributed by atoms with E-state index < -0.39 is 0 Å². The minimum atomic E-state index is -0.219. The largest absolute Gasteiger partial charge is 0.378 e. The first kappa shape index (κ1) is 19.2. The summed E-state index contributed by atoms with van der Waals surface area (Å²) >= 11 is 0. The van der Waals surface area contributed by atoms with E-state index in [2.05, 4.69) is 5.10 Å². The molecular formula is C22H29N3O3. The summed E-state index contributed by atoms with van der Waals surface area (Å²) in [5.41, 5.74) is 3.54. The molecule has 2 fully saturated rings. The monoisotopic (exact) mass is 383 g/mol. The van der Waals surface area contributed by atoms with Gasteiger partial charge in [-0.1, -0.05) is 0 Å².